The molecule has 0 spiro atoms. The molecule has 1 unspecified atom stereocenters. The second-order valence-electron chi connectivity index (χ2n) is 6.10. The third kappa shape index (κ3) is 3.95. The van der Waals surface area contributed by atoms with Gasteiger partial charge in [-0.05, 0) is 62.4 Å². The van der Waals surface area contributed by atoms with Crippen LogP contribution in [0.5, 0.6) is 5.75 Å². The van der Waals surface area contributed by atoms with E-state index in [2.05, 4.69) is 16.3 Å². The Bertz CT molecular complexity index is 417. The van der Waals surface area contributed by atoms with Gasteiger partial charge in [0.2, 0.25) is 0 Å². The summed E-state index contributed by atoms with van der Waals surface area (Å²) < 4.78 is 0. The summed E-state index contributed by atoms with van der Waals surface area (Å²) in [6.45, 7) is 4.53. The molecule has 1 aromatic rings. The summed E-state index contributed by atoms with van der Waals surface area (Å²) in [4.78, 5) is 2.53. The van der Waals surface area contributed by atoms with Crippen LogP contribution in [0.3, 0.4) is 0 Å². The zero-order chi connectivity index (χ0) is 13.1. The molecule has 1 atom stereocenters. The maximum absolute atomic E-state index is 9.52. The standard InChI is InChI=1S/C16H24N2O/c19-16-5-1-3-13(9-16)11-18-8-2-4-14(12-18)10-17-15-6-7-15/h1,3,5,9,14-15,17,19H,2,4,6-8,10-12H2. The van der Waals surface area contributed by atoms with Gasteiger partial charge < -0.3 is 10.4 Å². The number of hydrogen-bond acceptors (Lipinski definition) is 3. The highest BCUT2D eigenvalue weighted by Gasteiger charge is 2.24. The Kier molecular flexibility index (Phi) is 4.04. The fourth-order valence-corrected chi connectivity index (χ4v) is 3.00. The Labute approximate surface area is 115 Å². The van der Waals surface area contributed by atoms with Crippen molar-refractivity contribution in [3.8, 4) is 5.75 Å². The van der Waals surface area contributed by atoms with E-state index in [1.54, 1.807) is 6.07 Å². The average molecular weight is 260 g/mol. The van der Waals surface area contributed by atoms with Crippen LogP contribution >= 0.6 is 0 Å². The Morgan fingerprint density at radius 2 is 2.16 bits per heavy atom. The lowest BCUT2D eigenvalue weighted by atomic mass is 9.97. The number of phenols is 1. The second kappa shape index (κ2) is 5.93. The molecule has 19 heavy (non-hydrogen) atoms. The summed E-state index contributed by atoms with van der Waals surface area (Å²) >= 11 is 0. The zero-order valence-electron chi connectivity index (χ0n) is 11.5. The lowest BCUT2D eigenvalue weighted by Gasteiger charge is -2.33. The number of nitrogens with zero attached hydrogens (tertiary/aromatic N) is 1. The van der Waals surface area contributed by atoms with Gasteiger partial charge in [-0.1, -0.05) is 12.1 Å². The molecule has 3 rings (SSSR count). The molecule has 0 aromatic heterocycles. The molecule has 1 aliphatic carbocycles. The highest BCUT2D eigenvalue weighted by atomic mass is 16.3. The summed E-state index contributed by atoms with van der Waals surface area (Å²) in [6, 6.07) is 8.47. The van der Waals surface area contributed by atoms with Crippen LogP contribution in [-0.2, 0) is 6.54 Å². The number of aromatic hydroxyl groups is 1. The Morgan fingerprint density at radius 3 is 2.95 bits per heavy atom. The molecule has 104 valence electrons. The monoisotopic (exact) mass is 260 g/mol. The third-order valence-corrected chi connectivity index (χ3v) is 4.19. The summed E-state index contributed by atoms with van der Waals surface area (Å²) in [6.07, 6.45) is 5.41. The maximum atomic E-state index is 9.52. The quantitative estimate of drug-likeness (QED) is 0.853. The summed E-state index contributed by atoms with van der Waals surface area (Å²) in [5.41, 5.74) is 1.22. The van der Waals surface area contributed by atoms with Crippen molar-refractivity contribution in [3.63, 3.8) is 0 Å². The van der Waals surface area contributed by atoms with Crippen LogP contribution in [-0.4, -0.2) is 35.7 Å². The molecule has 3 nitrogen and oxygen atoms in total. The van der Waals surface area contributed by atoms with Crippen molar-refractivity contribution in [1.29, 1.82) is 0 Å². The van der Waals surface area contributed by atoms with Crippen molar-refractivity contribution in [3.05, 3.63) is 29.8 Å². The highest BCUT2D eigenvalue weighted by Crippen LogP contribution is 2.22. The molecular formula is C16H24N2O. The van der Waals surface area contributed by atoms with E-state index in [1.807, 2.05) is 12.1 Å². The number of piperidine rings is 1. The number of phenolic OH excluding ortho intramolecular Hbond substituents is 1. The molecule has 2 aliphatic rings. The number of likely N-dealkylation sites (tertiary alicyclic amines) is 1. The molecule has 1 saturated heterocycles. The largest absolute Gasteiger partial charge is 0.508 e. The highest BCUT2D eigenvalue weighted by molar-refractivity contribution is 5.27. The number of hydrogen-bond donors (Lipinski definition) is 2. The van der Waals surface area contributed by atoms with Crippen LogP contribution in [0, 0.1) is 5.92 Å². The van der Waals surface area contributed by atoms with Crippen LogP contribution in [0.15, 0.2) is 24.3 Å². The minimum Gasteiger partial charge on any atom is -0.508 e. The normalized spacial score (nSPS) is 24.5. The van der Waals surface area contributed by atoms with E-state index >= 15 is 0 Å². The third-order valence-electron chi connectivity index (χ3n) is 4.19. The van der Waals surface area contributed by atoms with Crippen molar-refractivity contribution in [2.75, 3.05) is 19.6 Å². The predicted octanol–water partition coefficient (Wildman–Crippen LogP) is 2.36. The molecule has 0 amide bonds. The van der Waals surface area contributed by atoms with Crippen molar-refractivity contribution < 1.29 is 5.11 Å². The SMILES string of the molecule is Oc1cccc(CN2CCCC(CNC3CC3)C2)c1. The fourth-order valence-electron chi connectivity index (χ4n) is 3.00. The van der Waals surface area contributed by atoms with Crippen LogP contribution in [0.2, 0.25) is 0 Å². The van der Waals surface area contributed by atoms with Gasteiger partial charge in [-0.2, -0.15) is 0 Å². The smallest absolute Gasteiger partial charge is 0.115 e. The van der Waals surface area contributed by atoms with E-state index in [9.17, 15) is 5.11 Å². The Hall–Kier alpha value is -1.06. The van der Waals surface area contributed by atoms with Gasteiger partial charge >= 0.3 is 0 Å². The van der Waals surface area contributed by atoms with E-state index in [1.165, 1.54) is 50.9 Å². The molecule has 0 radical (unpaired) electrons. The van der Waals surface area contributed by atoms with Gasteiger partial charge in [0.1, 0.15) is 5.75 Å². The predicted molar refractivity (Wildman–Crippen MR) is 77.1 cm³/mol. The molecule has 1 aliphatic heterocycles. The number of nitrogens with one attached hydrogen (secondary N) is 1. The van der Waals surface area contributed by atoms with Crippen LogP contribution in [0.4, 0.5) is 0 Å². The first-order valence-electron chi connectivity index (χ1n) is 7.53. The molecule has 3 heteroatoms. The van der Waals surface area contributed by atoms with Crippen molar-refractivity contribution in [1.82, 2.24) is 10.2 Å². The summed E-state index contributed by atoms with van der Waals surface area (Å²) in [5.74, 6) is 1.17. The number of benzene rings is 1. The Balaban J connectivity index is 1.49. The van der Waals surface area contributed by atoms with E-state index in [0.717, 1.165) is 18.5 Å². The molecule has 1 aromatic carbocycles. The van der Waals surface area contributed by atoms with Gasteiger partial charge in [0.05, 0.1) is 0 Å². The van der Waals surface area contributed by atoms with Crippen LogP contribution < -0.4 is 5.32 Å². The molecule has 1 heterocycles. The van der Waals surface area contributed by atoms with Crippen molar-refractivity contribution >= 4 is 0 Å². The molecule has 2 N–H and O–H groups in total. The number of rotatable bonds is 5. The van der Waals surface area contributed by atoms with Gasteiger partial charge in [0.25, 0.3) is 0 Å². The van der Waals surface area contributed by atoms with Gasteiger partial charge in [-0.25, -0.2) is 0 Å². The van der Waals surface area contributed by atoms with Crippen molar-refractivity contribution in [2.45, 2.75) is 38.3 Å². The second-order valence-corrected chi connectivity index (χ2v) is 6.10. The van der Waals surface area contributed by atoms with Crippen LogP contribution in [0.1, 0.15) is 31.2 Å². The van der Waals surface area contributed by atoms with Crippen molar-refractivity contribution in [2.24, 2.45) is 5.92 Å². The summed E-state index contributed by atoms with van der Waals surface area (Å²) in [5, 5.41) is 13.2. The van der Waals surface area contributed by atoms with E-state index in [4.69, 9.17) is 0 Å². The van der Waals surface area contributed by atoms with E-state index in [0.29, 0.717) is 5.75 Å². The minimum atomic E-state index is 0.376. The molecule has 0 bridgehead atoms. The zero-order valence-corrected chi connectivity index (χ0v) is 11.5. The molecule has 2 fully saturated rings. The average Bonchev–Trinajstić information content (AvgIpc) is 3.21. The lowest BCUT2D eigenvalue weighted by Crippen LogP contribution is -2.39. The van der Waals surface area contributed by atoms with Gasteiger partial charge in [0.15, 0.2) is 0 Å². The topological polar surface area (TPSA) is 35.5 Å². The minimum absolute atomic E-state index is 0.376. The first kappa shape index (κ1) is 12.9. The lowest BCUT2D eigenvalue weighted by molar-refractivity contribution is 0.165. The maximum Gasteiger partial charge on any atom is 0.115 e. The first-order valence-corrected chi connectivity index (χ1v) is 7.53. The first-order chi connectivity index (χ1) is 9.29. The molecular weight excluding hydrogens is 236 g/mol. The molecule has 1 saturated carbocycles. The van der Waals surface area contributed by atoms with Gasteiger partial charge in [0, 0.05) is 19.1 Å². The summed E-state index contributed by atoms with van der Waals surface area (Å²) in [7, 11) is 0. The fraction of sp³-hybridized carbons (Fsp3) is 0.625. The van der Waals surface area contributed by atoms with Gasteiger partial charge in [-0.3, -0.25) is 4.90 Å². The van der Waals surface area contributed by atoms with Gasteiger partial charge in [-0.15, -0.1) is 0 Å². The van der Waals surface area contributed by atoms with E-state index in [-0.39, 0.29) is 0 Å². The Morgan fingerprint density at radius 1 is 1.26 bits per heavy atom. The van der Waals surface area contributed by atoms with E-state index < -0.39 is 0 Å². The van der Waals surface area contributed by atoms with Crippen LogP contribution in [0.25, 0.3) is 0 Å².